The number of piperidine rings is 1. The number of H-pyrrole nitrogens is 1. The van der Waals surface area contributed by atoms with Crippen molar-refractivity contribution in [3.8, 4) is 0 Å². The van der Waals surface area contributed by atoms with E-state index in [1.54, 1.807) is 0 Å². The second kappa shape index (κ2) is 5.82. The zero-order chi connectivity index (χ0) is 15.7. The number of aryl methyl sites for hydroxylation is 3. The highest BCUT2D eigenvalue weighted by molar-refractivity contribution is 5.93. The van der Waals surface area contributed by atoms with Crippen LogP contribution in [0.4, 0.5) is 0 Å². The number of amides is 1. The molecule has 0 saturated carbocycles. The lowest BCUT2D eigenvalue weighted by molar-refractivity contribution is 0.0592. The van der Waals surface area contributed by atoms with E-state index in [-0.39, 0.29) is 11.9 Å². The summed E-state index contributed by atoms with van der Waals surface area (Å²) in [4.78, 5) is 27.9. The van der Waals surface area contributed by atoms with Crippen molar-refractivity contribution in [3.63, 3.8) is 0 Å². The SMILES string of the molecule is Cc1nc(C)c(C(=O)N2CCCC[C@H]2c2ncn[nH]2)nc1C. The van der Waals surface area contributed by atoms with Gasteiger partial charge in [0.1, 0.15) is 17.8 Å². The maximum atomic E-state index is 13.0. The minimum Gasteiger partial charge on any atom is -0.327 e. The maximum Gasteiger partial charge on any atom is 0.274 e. The molecule has 0 spiro atoms. The molecule has 1 amide bonds. The van der Waals surface area contributed by atoms with Crippen LogP contribution in [0.15, 0.2) is 6.33 Å². The molecular formula is C15H20N6O. The van der Waals surface area contributed by atoms with E-state index in [1.165, 1.54) is 6.33 Å². The Hall–Kier alpha value is -2.31. The van der Waals surface area contributed by atoms with E-state index in [0.29, 0.717) is 17.9 Å². The van der Waals surface area contributed by atoms with Gasteiger partial charge in [-0.2, -0.15) is 5.10 Å². The number of carbonyl (C=O) groups is 1. The molecule has 2 aromatic heterocycles. The molecule has 0 unspecified atom stereocenters. The molecule has 1 aliphatic rings. The van der Waals surface area contributed by atoms with Crippen molar-refractivity contribution in [1.29, 1.82) is 0 Å². The summed E-state index contributed by atoms with van der Waals surface area (Å²) in [5, 5.41) is 6.79. The Morgan fingerprint density at radius 1 is 1.18 bits per heavy atom. The zero-order valence-corrected chi connectivity index (χ0v) is 13.1. The lowest BCUT2D eigenvalue weighted by atomic mass is 10.0. The summed E-state index contributed by atoms with van der Waals surface area (Å²) in [5.74, 6) is 0.664. The lowest BCUT2D eigenvalue weighted by Gasteiger charge is -2.34. The first-order chi connectivity index (χ1) is 10.6. The average Bonchev–Trinajstić information content (AvgIpc) is 3.04. The highest BCUT2D eigenvalue weighted by Crippen LogP contribution is 2.30. The highest BCUT2D eigenvalue weighted by atomic mass is 16.2. The van der Waals surface area contributed by atoms with E-state index in [4.69, 9.17) is 0 Å². The first kappa shape index (κ1) is 14.6. The molecule has 1 saturated heterocycles. The summed E-state index contributed by atoms with van der Waals surface area (Å²) < 4.78 is 0. The first-order valence-electron chi connectivity index (χ1n) is 7.56. The van der Waals surface area contributed by atoms with Crippen LogP contribution in [0.2, 0.25) is 0 Å². The van der Waals surface area contributed by atoms with E-state index in [2.05, 4.69) is 25.1 Å². The standard InChI is InChI=1S/C15H20N6O/c1-9-10(2)19-13(11(3)18-9)15(22)21-7-5-4-6-12(21)14-16-8-17-20-14/h8,12H,4-7H2,1-3H3,(H,16,17,20)/t12-/m0/s1. The van der Waals surface area contributed by atoms with Crippen molar-refractivity contribution in [3.05, 3.63) is 34.9 Å². The van der Waals surface area contributed by atoms with E-state index >= 15 is 0 Å². The van der Waals surface area contributed by atoms with E-state index in [0.717, 1.165) is 36.5 Å². The van der Waals surface area contributed by atoms with Gasteiger partial charge in [0.2, 0.25) is 0 Å². The molecule has 3 heterocycles. The quantitative estimate of drug-likeness (QED) is 0.915. The Morgan fingerprint density at radius 3 is 2.68 bits per heavy atom. The number of aromatic nitrogens is 5. The molecule has 3 rings (SSSR count). The van der Waals surface area contributed by atoms with Gasteiger partial charge in [-0.05, 0) is 40.0 Å². The number of carbonyl (C=O) groups excluding carboxylic acids is 1. The monoisotopic (exact) mass is 300 g/mol. The fourth-order valence-electron chi connectivity index (χ4n) is 2.89. The largest absolute Gasteiger partial charge is 0.327 e. The van der Waals surface area contributed by atoms with Crippen molar-refractivity contribution < 1.29 is 4.79 Å². The van der Waals surface area contributed by atoms with Gasteiger partial charge in [-0.15, -0.1) is 0 Å². The topological polar surface area (TPSA) is 87.7 Å². The van der Waals surface area contributed by atoms with Gasteiger partial charge in [0.25, 0.3) is 5.91 Å². The molecule has 1 fully saturated rings. The van der Waals surface area contributed by atoms with Crippen LogP contribution in [-0.2, 0) is 0 Å². The van der Waals surface area contributed by atoms with E-state index < -0.39 is 0 Å². The molecule has 0 aromatic carbocycles. The third kappa shape index (κ3) is 2.58. The predicted molar refractivity (Wildman–Crippen MR) is 80.3 cm³/mol. The fourth-order valence-corrected chi connectivity index (χ4v) is 2.89. The molecule has 116 valence electrons. The molecule has 0 radical (unpaired) electrons. The molecule has 1 N–H and O–H groups in total. The molecule has 22 heavy (non-hydrogen) atoms. The van der Waals surface area contributed by atoms with Crippen LogP contribution in [0.1, 0.15) is 58.7 Å². The molecule has 2 aromatic rings. The molecular weight excluding hydrogens is 280 g/mol. The normalized spacial score (nSPS) is 18.5. The van der Waals surface area contributed by atoms with Gasteiger partial charge in [0.15, 0.2) is 0 Å². The van der Waals surface area contributed by atoms with Crippen LogP contribution in [0.3, 0.4) is 0 Å². The van der Waals surface area contributed by atoms with Gasteiger partial charge in [-0.1, -0.05) is 0 Å². The fraction of sp³-hybridized carbons (Fsp3) is 0.533. The number of nitrogens with one attached hydrogen (secondary N) is 1. The highest BCUT2D eigenvalue weighted by Gasteiger charge is 2.32. The molecule has 0 aliphatic carbocycles. The Balaban J connectivity index is 1.94. The summed E-state index contributed by atoms with van der Waals surface area (Å²) in [7, 11) is 0. The van der Waals surface area contributed by atoms with Gasteiger partial charge in [0.05, 0.1) is 23.1 Å². The molecule has 7 nitrogen and oxygen atoms in total. The van der Waals surface area contributed by atoms with E-state index in [9.17, 15) is 4.79 Å². The number of hydrogen-bond donors (Lipinski definition) is 1. The number of hydrogen-bond acceptors (Lipinski definition) is 5. The summed E-state index contributed by atoms with van der Waals surface area (Å²) in [5.41, 5.74) is 2.77. The first-order valence-corrected chi connectivity index (χ1v) is 7.56. The van der Waals surface area contributed by atoms with Crippen molar-refractivity contribution in [2.24, 2.45) is 0 Å². The van der Waals surface area contributed by atoms with Gasteiger partial charge in [-0.25, -0.2) is 9.97 Å². The number of nitrogens with zero attached hydrogens (tertiary/aromatic N) is 5. The van der Waals surface area contributed by atoms with Gasteiger partial charge in [0, 0.05) is 6.54 Å². The van der Waals surface area contributed by atoms with E-state index in [1.807, 2.05) is 25.7 Å². The number of aromatic amines is 1. The Labute approximate surface area is 129 Å². The van der Waals surface area contributed by atoms with Crippen LogP contribution in [0, 0.1) is 20.8 Å². The molecule has 7 heteroatoms. The predicted octanol–water partition coefficient (Wildman–Crippen LogP) is 1.89. The van der Waals surface area contributed by atoms with Crippen molar-refractivity contribution in [2.45, 2.75) is 46.1 Å². The average molecular weight is 300 g/mol. The Bertz CT molecular complexity index is 682. The third-order valence-corrected chi connectivity index (χ3v) is 4.20. The van der Waals surface area contributed by atoms with Crippen LogP contribution in [0.25, 0.3) is 0 Å². The minimum absolute atomic E-state index is 0.0634. The van der Waals surface area contributed by atoms with Crippen LogP contribution < -0.4 is 0 Å². The lowest BCUT2D eigenvalue weighted by Crippen LogP contribution is -2.40. The zero-order valence-electron chi connectivity index (χ0n) is 13.1. The maximum absolute atomic E-state index is 13.0. The van der Waals surface area contributed by atoms with Crippen molar-refractivity contribution in [1.82, 2.24) is 30.0 Å². The molecule has 1 atom stereocenters. The summed E-state index contributed by atoms with van der Waals surface area (Å²) >= 11 is 0. The summed E-state index contributed by atoms with van der Waals surface area (Å²) in [6.45, 7) is 6.32. The number of rotatable bonds is 2. The minimum atomic E-state index is -0.0748. The van der Waals surface area contributed by atoms with Crippen LogP contribution in [-0.4, -0.2) is 42.5 Å². The molecule has 0 bridgehead atoms. The smallest absolute Gasteiger partial charge is 0.274 e. The van der Waals surface area contributed by atoms with Crippen molar-refractivity contribution in [2.75, 3.05) is 6.54 Å². The third-order valence-electron chi connectivity index (χ3n) is 4.20. The van der Waals surface area contributed by atoms with Crippen LogP contribution in [0.5, 0.6) is 0 Å². The van der Waals surface area contributed by atoms with Gasteiger partial charge in [-0.3, -0.25) is 14.9 Å². The molecule has 1 aliphatic heterocycles. The van der Waals surface area contributed by atoms with Gasteiger partial charge < -0.3 is 4.90 Å². The second-order valence-corrected chi connectivity index (χ2v) is 5.71. The second-order valence-electron chi connectivity index (χ2n) is 5.71. The number of likely N-dealkylation sites (tertiary alicyclic amines) is 1. The Kier molecular flexibility index (Phi) is 3.87. The Morgan fingerprint density at radius 2 is 1.95 bits per heavy atom. The van der Waals surface area contributed by atoms with Crippen molar-refractivity contribution >= 4 is 5.91 Å². The van der Waals surface area contributed by atoms with Gasteiger partial charge >= 0.3 is 0 Å². The van der Waals surface area contributed by atoms with Crippen LogP contribution >= 0.6 is 0 Å². The summed E-state index contributed by atoms with van der Waals surface area (Å²) in [6.07, 6.45) is 4.44. The summed E-state index contributed by atoms with van der Waals surface area (Å²) in [6, 6.07) is -0.0634.